The van der Waals surface area contributed by atoms with Crippen molar-refractivity contribution in [2.75, 3.05) is 13.2 Å². The number of fused-ring (bicyclic) bond motifs is 3. The van der Waals surface area contributed by atoms with Crippen molar-refractivity contribution in [3.8, 4) is 0 Å². The highest BCUT2D eigenvalue weighted by Crippen LogP contribution is 2.30. The van der Waals surface area contributed by atoms with Gasteiger partial charge in [0.25, 0.3) is 5.91 Å². The number of nitrogens with zero attached hydrogens (tertiary/aromatic N) is 3. The van der Waals surface area contributed by atoms with E-state index in [1.165, 1.54) is 12.1 Å². The molecule has 1 N–H and O–H groups in total. The van der Waals surface area contributed by atoms with Crippen LogP contribution in [0.25, 0.3) is 10.9 Å². The lowest BCUT2D eigenvalue weighted by atomic mass is 9.89. The lowest BCUT2D eigenvalue weighted by Crippen LogP contribution is -2.60. The van der Waals surface area contributed by atoms with E-state index in [1.54, 1.807) is 0 Å². The SMILES string of the molecule is CC(C)Cn1nc(C(=O)NC2CC3COCC(C2)N3Cc2ccc(F)cc2)c2ccccc21. The largest absolute Gasteiger partial charge is 0.378 e. The van der Waals surface area contributed by atoms with Gasteiger partial charge in [-0.3, -0.25) is 14.4 Å². The third-order valence-corrected chi connectivity index (χ3v) is 6.70. The molecule has 2 saturated heterocycles. The van der Waals surface area contributed by atoms with Gasteiger partial charge in [-0.1, -0.05) is 44.2 Å². The minimum absolute atomic E-state index is 0.0786. The van der Waals surface area contributed by atoms with Gasteiger partial charge in [-0.25, -0.2) is 4.39 Å². The molecule has 0 aliphatic carbocycles. The first-order valence-corrected chi connectivity index (χ1v) is 11.8. The molecule has 2 aliphatic heterocycles. The van der Waals surface area contributed by atoms with Gasteiger partial charge >= 0.3 is 0 Å². The zero-order valence-electron chi connectivity index (χ0n) is 19.2. The second-order valence-corrected chi connectivity index (χ2v) is 9.73. The fourth-order valence-corrected chi connectivity index (χ4v) is 5.20. The summed E-state index contributed by atoms with van der Waals surface area (Å²) in [5, 5.41) is 8.85. The van der Waals surface area contributed by atoms with Gasteiger partial charge in [0, 0.05) is 36.6 Å². The molecule has 33 heavy (non-hydrogen) atoms. The third-order valence-electron chi connectivity index (χ3n) is 6.70. The Hall–Kier alpha value is -2.77. The quantitative estimate of drug-likeness (QED) is 0.617. The van der Waals surface area contributed by atoms with E-state index in [-0.39, 0.29) is 29.8 Å². The van der Waals surface area contributed by atoms with E-state index in [2.05, 4.69) is 29.2 Å². The van der Waals surface area contributed by atoms with E-state index in [0.717, 1.165) is 42.4 Å². The third kappa shape index (κ3) is 4.66. The van der Waals surface area contributed by atoms with E-state index in [4.69, 9.17) is 4.74 Å². The van der Waals surface area contributed by atoms with Crippen molar-refractivity contribution in [3.05, 3.63) is 65.6 Å². The first-order valence-electron chi connectivity index (χ1n) is 11.8. The molecule has 1 amide bonds. The Kier molecular flexibility index (Phi) is 6.17. The summed E-state index contributed by atoms with van der Waals surface area (Å²) in [5.74, 6) is 0.116. The highest BCUT2D eigenvalue weighted by atomic mass is 19.1. The maximum atomic E-state index is 13.3. The minimum atomic E-state index is -0.216. The molecule has 174 valence electrons. The first kappa shape index (κ1) is 22.0. The molecule has 2 aliphatic rings. The van der Waals surface area contributed by atoms with E-state index in [1.807, 2.05) is 41.1 Å². The number of rotatable bonds is 6. The number of hydrogen-bond donors (Lipinski definition) is 1. The summed E-state index contributed by atoms with van der Waals surface area (Å²) >= 11 is 0. The maximum Gasteiger partial charge on any atom is 0.272 e. The van der Waals surface area contributed by atoms with Crippen molar-refractivity contribution in [1.82, 2.24) is 20.0 Å². The Bertz CT molecular complexity index is 1110. The Morgan fingerprint density at radius 1 is 1.12 bits per heavy atom. The molecule has 6 nitrogen and oxygen atoms in total. The average Bonchev–Trinajstić information content (AvgIpc) is 3.14. The second kappa shape index (κ2) is 9.23. The van der Waals surface area contributed by atoms with Gasteiger partial charge in [0.1, 0.15) is 5.82 Å². The molecule has 1 aromatic heterocycles. The predicted molar refractivity (Wildman–Crippen MR) is 125 cm³/mol. The zero-order chi connectivity index (χ0) is 22.9. The van der Waals surface area contributed by atoms with Crippen molar-refractivity contribution in [2.45, 2.75) is 57.9 Å². The summed E-state index contributed by atoms with van der Waals surface area (Å²) in [6.07, 6.45) is 1.65. The normalized spacial score (nSPS) is 23.2. The van der Waals surface area contributed by atoms with Crippen LogP contribution in [0.1, 0.15) is 42.7 Å². The van der Waals surface area contributed by atoms with E-state index in [9.17, 15) is 9.18 Å². The zero-order valence-corrected chi connectivity index (χ0v) is 19.2. The fraction of sp³-hybridized carbons (Fsp3) is 0.462. The molecule has 5 rings (SSSR count). The number of amides is 1. The summed E-state index contributed by atoms with van der Waals surface area (Å²) in [6, 6.07) is 15.2. The minimum Gasteiger partial charge on any atom is -0.378 e. The van der Waals surface area contributed by atoms with Crippen LogP contribution < -0.4 is 5.32 Å². The van der Waals surface area contributed by atoms with Crippen molar-refractivity contribution in [2.24, 2.45) is 5.92 Å². The van der Waals surface area contributed by atoms with Gasteiger partial charge in [-0.05, 0) is 42.5 Å². The van der Waals surface area contributed by atoms with E-state index >= 15 is 0 Å². The molecule has 2 atom stereocenters. The van der Waals surface area contributed by atoms with Crippen molar-refractivity contribution in [3.63, 3.8) is 0 Å². The molecule has 2 fully saturated rings. The number of para-hydroxylation sites is 1. The molecule has 2 aromatic carbocycles. The number of halogens is 1. The summed E-state index contributed by atoms with van der Waals surface area (Å²) in [6.45, 7) is 7.14. The molecule has 2 unspecified atom stereocenters. The van der Waals surface area contributed by atoms with Crippen LogP contribution in [0, 0.1) is 11.7 Å². The van der Waals surface area contributed by atoms with E-state index in [0.29, 0.717) is 24.8 Å². The number of piperidine rings is 1. The number of carbonyl (C=O) groups excluding carboxylic acids is 1. The fourth-order valence-electron chi connectivity index (χ4n) is 5.20. The highest BCUT2D eigenvalue weighted by molar-refractivity contribution is 6.05. The van der Waals surface area contributed by atoms with Crippen molar-refractivity contribution >= 4 is 16.8 Å². The highest BCUT2D eigenvalue weighted by Gasteiger charge is 2.39. The van der Waals surface area contributed by atoms with Gasteiger partial charge < -0.3 is 10.1 Å². The van der Waals surface area contributed by atoms with Gasteiger partial charge in [0.2, 0.25) is 0 Å². The maximum absolute atomic E-state index is 13.3. The molecule has 0 spiro atoms. The lowest BCUT2D eigenvalue weighted by molar-refractivity contribution is -0.0843. The van der Waals surface area contributed by atoms with Crippen LogP contribution in [0.4, 0.5) is 4.39 Å². The number of hydrogen-bond acceptors (Lipinski definition) is 4. The van der Waals surface area contributed by atoms with E-state index < -0.39 is 0 Å². The molecule has 7 heteroatoms. The van der Waals surface area contributed by atoms with Crippen molar-refractivity contribution < 1.29 is 13.9 Å². The number of nitrogens with one attached hydrogen (secondary N) is 1. The van der Waals surface area contributed by atoms with Crippen molar-refractivity contribution in [1.29, 1.82) is 0 Å². The number of morpholine rings is 1. The monoisotopic (exact) mass is 450 g/mol. The van der Waals surface area contributed by atoms with Crippen LogP contribution in [-0.2, 0) is 17.8 Å². The number of aromatic nitrogens is 2. The molecule has 3 heterocycles. The molecule has 0 radical (unpaired) electrons. The molecule has 3 aromatic rings. The lowest BCUT2D eigenvalue weighted by Gasteiger charge is -2.48. The van der Waals surface area contributed by atoms with Crippen LogP contribution in [0.3, 0.4) is 0 Å². The predicted octanol–water partition coefficient (Wildman–Crippen LogP) is 3.99. The first-order chi connectivity index (χ1) is 16.0. The average molecular weight is 451 g/mol. The summed E-state index contributed by atoms with van der Waals surface area (Å²) < 4.78 is 21.1. The van der Waals surface area contributed by atoms with Gasteiger partial charge in [-0.15, -0.1) is 0 Å². The summed E-state index contributed by atoms with van der Waals surface area (Å²) in [4.78, 5) is 15.7. The number of ether oxygens (including phenoxy) is 1. The Balaban J connectivity index is 1.30. The standard InChI is InChI=1S/C26H31FN4O2/c1-17(2)13-31-24-6-4-3-5-23(24)25(29-31)26(32)28-20-11-21-15-33-16-22(12-20)30(21)14-18-7-9-19(27)10-8-18/h3-10,17,20-22H,11-16H2,1-2H3,(H,28,32). The molecule has 0 saturated carbocycles. The molecular weight excluding hydrogens is 419 g/mol. The topological polar surface area (TPSA) is 59.4 Å². The van der Waals surface area contributed by atoms with Crippen LogP contribution in [-0.4, -0.2) is 51.9 Å². The summed E-state index contributed by atoms with van der Waals surface area (Å²) in [5.41, 5.74) is 2.59. The van der Waals surface area contributed by atoms with Gasteiger partial charge in [0.15, 0.2) is 5.69 Å². The van der Waals surface area contributed by atoms with Crippen LogP contribution in [0.2, 0.25) is 0 Å². The number of benzene rings is 2. The Morgan fingerprint density at radius 2 is 1.82 bits per heavy atom. The van der Waals surface area contributed by atoms with Crippen LogP contribution in [0.15, 0.2) is 48.5 Å². The Labute approximate surface area is 193 Å². The van der Waals surface area contributed by atoms with Crippen LogP contribution in [0.5, 0.6) is 0 Å². The molecule has 2 bridgehead atoms. The van der Waals surface area contributed by atoms with Gasteiger partial charge in [0.05, 0.1) is 18.7 Å². The van der Waals surface area contributed by atoms with Crippen LogP contribution >= 0.6 is 0 Å². The second-order valence-electron chi connectivity index (χ2n) is 9.73. The smallest absolute Gasteiger partial charge is 0.272 e. The molecular formula is C26H31FN4O2. The summed E-state index contributed by atoms with van der Waals surface area (Å²) in [7, 11) is 0. The van der Waals surface area contributed by atoms with Gasteiger partial charge in [-0.2, -0.15) is 5.10 Å². The number of carbonyl (C=O) groups is 1. The Morgan fingerprint density at radius 3 is 2.52 bits per heavy atom.